The van der Waals surface area contributed by atoms with Crippen LogP contribution in [0, 0.1) is 5.41 Å². The van der Waals surface area contributed by atoms with Crippen molar-refractivity contribution in [2.45, 2.75) is 12.8 Å². The SMILES string of the molecule is COCC1(C(=O)Nc2ccccc2)CCNCC1. The molecule has 1 fully saturated rings. The molecule has 18 heavy (non-hydrogen) atoms. The number of carbonyl (C=O) groups is 1. The molecule has 0 spiro atoms. The predicted octanol–water partition coefficient (Wildman–Crippen LogP) is 1.64. The van der Waals surface area contributed by atoms with Gasteiger partial charge < -0.3 is 15.4 Å². The van der Waals surface area contributed by atoms with Gasteiger partial charge in [-0.3, -0.25) is 4.79 Å². The van der Waals surface area contributed by atoms with Gasteiger partial charge in [-0.05, 0) is 38.1 Å². The molecule has 1 aliphatic rings. The van der Waals surface area contributed by atoms with Gasteiger partial charge in [0.05, 0.1) is 12.0 Å². The van der Waals surface area contributed by atoms with E-state index in [1.54, 1.807) is 7.11 Å². The topological polar surface area (TPSA) is 50.4 Å². The van der Waals surface area contributed by atoms with Crippen LogP contribution in [0.4, 0.5) is 5.69 Å². The number of ether oxygens (including phenoxy) is 1. The van der Waals surface area contributed by atoms with Crippen molar-refractivity contribution < 1.29 is 9.53 Å². The fourth-order valence-corrected chi connectivity index (χ4v) is 2.40. The van der Waals surface area contributed by atoms with Gasteiger partial charge in [0.2, 0.25) is 5.91 Å². The molecule has 0 aromatic heterocycles. The second kappa shape index (κ2) is 5.98. The number of nitrogens with one attached hydrogen (secondary N) is 2. The standard InChI is InChI=1S/C14H20N2O2/c1-18-11-14(7-9-15-10-8-14)13(17)16-12-5-3-2-4-6-12/h2-6,15H,7-11H2,1H3,(H,16,17). The van der Waals surface area contributed by atoms with Gasteiger partial charge in [-0.15, -0.1) is 0 Å². The Morgan fingerprint density at radius 2 is 2.00 bits per heavy atom. The van der Waals surface area contributed by atoms with Crippen LogP contribution < -0.4 is 10.6 Å². The Labute approximate surface area is 108 Å². The summed E-state index contributed by atoms with van der Waals surface area (Å²) >= 11 is 0. The summed E-state index contributed by atoms with van der Waals surface area (Å²) in [5.74, 6) is 0.0667. The summed E-state index contributed by atoms with van der Waals surface area (Å²) in [5.41, 5.74) is 0.451. The minimum atomic E-state index is -0.393. The number of para-hydroxylation sites is 1. The maximum atomic E-state index is 12.5. The van der Waals surface area contributed by atoms with Crippen molar-refractivity contribution in [3.63, 3.8) is 0 Å². The van der Waals surface area contributed by atoms with Crippen LogP contribution >= 0.6 is 0 Å². The third-order valence-corrected chi connectivity index (χ3v) is 3.49. The lowest BCUT2D eigenvalue weighted by Crippen LogP contribution is -2.47. The molecule has 0 atom stereocenters. The zero-order valence-corrected chi connectivity index (χ0v) is 10.7. The van der Waals surface area contributed by atoms with Crippen molar-refractivity contribution in [1.82, 2.24) is 5.32 Å². The molecule has 2 N–H and O–H groups in total. The lowest BCUT2D eigenvalue weighted by atomic mass is 9.78. The zero-order chi connectivity index (χ0) is 12.8. The van der Waals surface area contributed by atoms with Crippen LogP contribution in [0.2, 0.25) is 0 Å². The molecule has 4 heteroatoms. The Morgan fingerprint density at radius 1 is 1.33 bits per heavy atom. The van der Waals surface area contributed by atoms with Gasteiger partial charge in [-0.2, -0.15) is 0 Å². The van der Waals surface area contributed by atoms with Gasteiger partial charge >= 0.3 is 0 Å². The summed E-state index contributed by atoms with van der Waals surface area (Å²) < 4.78 is 5.25. The maximum absolute atomic E-state index is 12.5. The summed E-state index contributed by atoms with van der Waals surface area (Å²) in [4.78, 5) is 12.5. The molecule has 1 saturated heterocycles. The van der Waals surface area contributed by atoms with Gasteiger partial charge in [0.25, 0.3) is 0 Å². The number of methoxy groups -OCH3 is 1. The number of carbonyl (C=O) groups excluding carboxylic acids is 1. The highest BCUT2D eigenvalue weighted by molar-refractivity contribution is 5.95. The number of anilines is 1. The van der Waals surface area contributed by atoms with E-state index >= 15 is 0 Å². The van der Waals surface area contributed by atoms with Crippen molar-refractivity contribution >= 4 is 11.6 Å². The average molecular weight is 248 g/mol. The second-order valence-corrected chi connectivity index (χ2v) is 4.78. The molecule has 1 amide bonds. The van der Waals surface area contributed by atoms with Gasteiger partial charge in [0, 0.05) is 12.8 Å². The molecule has 2 rings (SSSR count). The first-order chi connectivity index (χ1) is 8.77. The molecule has 1 heterocycles. The third-order valence-electron chi connectivity index (χ3n) is 3.49. The highest BCUT2D eigenvalue weighted by Gasteiger charge is 2.39. The highest BCUT2D eigenvalue weighted by Crippen LogP contribution is 2.30. The van der Waals surface area contributed by atoms with E-state index in [0.717, 1.165) is 31.6 Å². The second-order valence-electron chi connectivity index (χ2n) is 4.78. The van der Waals surface area contributed by atoms with Crippen molar-refractivity contribution in [3.05, 3.63) is 30.3 Å². The van der Waals surface area contributed by atoms with Crippen LogP contribution in [0.1, 0.15) is 12.8 Å². The molecular weight excluding hydrogens is 228 g/mol. The zero-order valence-electron chi connectivity index (χ0n) is 10.7. The summed E-state index contributed by atoms with van der Waals surface area (Å²) in [6.07, 6.45) is 1.64. The number of hydrogen-bond acceptors (Lipinski definition) is 3. The van der Waals surface area contributed by atoms with E-state index in [0.29, 0.717) is 6.61 Å². The molecule has 0 bridgehead atoms. The summed E-state index contributed by atoms with van der Waals surface area (Å²) in [6, 6.07) is 9.58. The molecule has 0 aliphatic carbocycles. The van der Waals surface area contributed by atoms with Gasteiger partial charge in [0.1, 0.15) is 0 Å². The van der Waals surface area contributed by atoms with E-state index in [-0.39, 0.29) is 5.91 Å². The maximum Gasteiger partial charge on any atom is 0.233 e. The molecule has 4 nitrogen and oxygen atoms in total. The van der Waals surface area contributed by atoms with E-state index in [1.807, 2.05) is 30.3 Å². The van der Waals surface area contributed by atoms with Crippen LogP contribution in [-0.4, -0.2) is 32.7 Å². The number of benzene rings is 1. The first-order valence-corrected chi connectivity index (χ1v) is 6.33. The van der Waals surface area contributed by atoms with E-state index in [1.165, 1.54) is 0 Å². The van der Waals surface area contributed by atoms with Crippen molar-refractivity contribution in [2.75, 3.05) is 32.1 Å². The molecule has 98 valence electrons. The number of amides is 1. The van der Waals surface area contributed by atoms with Crippen molar-refractivity contribution in [2.24, 2.45) is 5.41 Å². The average Bonchev–Trinajstić information content (AvgIpc) is 2.41. The van der Waals surface area contributed by atoms with Crippen LogP contribution in [0.5, 0.6) is 0 Å². The fraction of sp³-hybridized carbons (Fsp3) is 0.500. The Kier molecular flexibility index (Phi) is 4.33. The number of rotatable bonds is 4. The largest absolute Gasteiger partial charge is 0.384 e. The van der Waals surface area contributed by atoms with Crippen LogP contribution in [0.3, 0.4) is 0 Å². The minimum absolute atomic E-state index is 0.0667. The third kappa shape index (κ3) is 2.89. The molecule has 1 aromatic carbocycles. The van der Waals surface area contributed by atoms with Gasteiger partial charge in [-0.25, -0.2) is 0 Å². The molecular formula is C14H20N2O2. The molecule has 1 aromatic rings. The summed E-state index contributed by atoms with van der Waals surface area (Å²) in [5, 5.41) is 6.27. The number of hydrogen-bond donors (Lipinski definition) is 2. The van der Waals surface area contributed by atoms with Gasteiger partial charge in [-0.1, -0.05) is 18.2 Å². The quantitative estimate of drug-likeness (QED) is 0.851. The minimum Gasteiger partial charge on any atom is -0.384 e. The number of piperidine rings is 1. The van der Waals surface area contributed by atoms with E-state index in [2.05, 4.69) is 10.6 Å². The molecule has 0 radical (unpaired) electrons. The van der Waals surface area contributed by atoms with Crippen LogP contribution in [0.25, 0.3) is 0 Å². The first kappa shape index (κ1) is 13.1. The van der Waals surface area contributed by atoms with Crippen LogP contribution in [0.15, 0.2) is 30.3 Å². The Balaban J connectivity index is 2.08. The first-order valence-electron chi connectivity index (χ1n) is 6.33. The summed E-state index contributed by atoms with van der Waals surface area (Å²) in [6.45, 7) is 2.21. The Bertz CT molecular complexity index is 381. The highest BCUT2D eigenvalue weighted by atomic mass is 16.5. The Morgan fingerprint density at radius 3 is 2.61 bits per heavy atom. The monoisotopic (exact) mass is 248 g/mol. The smallest absolute Gasteiger partial charge is 0.233 e. The molecule has 1 aliphatic heterocycles. The normalized spacial score (nSPS) is 18.3. The molecule has 0 saturated carbocycles. The van der Waals surface area contributed by atoms with E-state index in [4.69, 9.17) is 4.74 Å². The van der Waals surface area contributed by atoms with Crippen molar-refractivity contribution in [1.29, 1.82) is 0 Å². The fourth-order valence-electron chi connectivity index (χ4n) is 2.40. The van der Waals surface area contributed by atoms with E-state index < -0.39 is 5.41 Å². The van der Waals surface area contributed by atoms with Crippen LogP contribution in [-0.2, 0) is 9.53 Å². The van der Waals surface area contributed by atoms with Crippen molar-refractivity contribution in [3.8, 4) is 0 Å². The lowest BCUT2D eigenvalue weighted by Gasteiger charge is -2.35. The van der Waals surface area contributed by atoms with Gasteiger partial charge in [0.15, 0.2) is 0 Å². The predicted molar refractivity (Wildman–Crippen MR) is 71.5 cm³/mol. The molecule has 0 unspecified atom stereocenters. The van der Waals surface area contributed by atoms with E-state index in [9.17, 15) is 4.79 Å². The lowest BCUT2D eigenvalue weighted by molar-refractivity contribution is -0.130. The Hall–Kier alpha value is -1.39. The summed E-state index contributed by atoms with van der Waals surface area (Å²) in [7, 11) is 1.65.